The number of carbonyl (C=O) groups excluding carboxylic acids is 1. The predicted molar refractivity (Wildman–Crippen MR) is 124 cm³/mol. The van der Waals surface area contributed by atoms with Gasteiger partial charge in [-0.1, -0.05) is 28.1 Å². The molecule has 0 atom stereocenters. The number of hydrogen-bond acceptors (Lipinski definition) is 5. The van der Waals surface area contributed by atoms with E-state index >= 15 is 0 Å². The zero-order chi connectivity index (χ0) is 22.2. The molecule has 3 aromatic carbocycles. The molecule has 6 heteroatoms. The Hall–Kier alpha value is -3.25. The van der Waals surface area contributed by atoms with Gasteiger partial charge in [-0.25, -0.2) is 0 Å². The molecule has 31 heavy (non-hydrogen) atoms. The van der Waals surface area contributed by atoms with Gasteiger partial charge in [0, 0.05) is 10.0 Å². The first-order valence-corrected chi connectivity index (χ1v) is 10.3. The van der Waals surface area contributed by atoms with Gasteiger partial charge in [-0.15, -0.1) is 0 Å². The molecular formula is C25H23BrO5. The van der Waals surface area contributed by atoms with Gasteiger partial charge >= 0.3 is 0 Å². The minimum absolute atomic E-state index is 0.181. The third-order valence-electron chi connectivity index (χ3n) is 4.61. The highest BCUT2D eigenvalue weighted by Crippen LogP contribution is 2.26. The van der Waals surface area contributed by atoms with E-state index in [1.165, 1.54) is 13.2 Å². The third kappa shape index (κ3) is 5.89. The molecule has 0 aliphatic rings. The van der Waals surface area contributed by atoms with Gasteiger partial charge in [0.25, 0.3) is 0 Å². The van der Waals surface area contributed by atoms with E-state index in [4.69, 9.17) is 18.9 Å². The van der Waals surface area contributed by atoms with Crippen LogP contribution in [0.2, 0.25) is 0 Å². The van der Waals surface area contributed by atoms with Crippen LogP contribution in [0.1, 0.15) is 21.5 Å². The standard InChI is InChI=1S/C25H23BrO5/c1-28-21-10-13-25(30-3)22(15-21)23(27)11-4-17-5-12-24(29-2)18(14-17)16-31-20-8-6-19(26)7-9-20/h4-15H,16H2,1-3H3/b11-4+. The first kappa shape index (κ1) is 22.4. The Labute approximate surface area is 190 Å². The Bertz CT molecular complexity index is 1070. The van der Waals surface area contributed by atoms with Gasteiger partial charge in [0.2, 0.25) is 0 Å². The molecule has 0 unspecified atom stereocenters. The van der Waals surface area contributed by atoms with Crippen LogP contribution in [-0.2, 0) is 6.61 Å². The highest BCUT2D eigenvalue weighted by atomic mass is 79.9. The van der Waals surface area contributed by atoms with Crippen molar-refractivity contribution in [2.75, 3.05) is 21.3 Å². The van der Waals surface area contributed by atoms with Gasteiger partial charge in [-0.3, -0.25) is 4.79 Å². The maximum atomic E-state index is 12.7. The van der Waals surface area contributed by atoms with Crippen molar-refractivity contribution in [2.45, 2.75) is 6.61 Å². The average Bonchev–Trinajstić information content (AvgIpc) is 2.81. The fourth-order valence-corrected chi connectivity index (χ4v) is 3.24. The van der Waals surface area contributed by atoms with E-state index in [9.17, 15) is 4.79 Å². The summed E-state index contributed by atoms with van der Waals surface area (Å²) >= 11 is 3.41. The van der Waals surface area contributed by atoms with Crippen molar-refractivity contribution in [1.82, 2.24) is 0 Å². The Kier molecular flexibility index (Phi) is 7.73. The van der Waals surface area contributed by atoms with Crippen LogP contribution >= 0.6 is 15.9 Å². The molecule has 5 nitrogen and oxygen atoms in total. The fourth-order valence-electron chi connectivity index (χ4n) is 2.98. The van der Waals surface area contributed by atoms with E-state index in [1.807, 2.05) is 42.5 Å². The van der Waals surface area contributed by atoms with Crippen molar-refractivity contribution in [3.05, 3.63) is 87.9 Å². The number of ketones is 1. The summed E-state index contributed by atoms with van der Waals surface area (Å²) in [6.45, 7) is 0.337. The predicted octanol–water partition coefficient (Wildman–Crippen LogP) is 5.95. The highest BCUT2D eigenvalue weighted by molar-refractivity contribution is 9.10. The molecule has 0 saturated carbocycles. The van der Waals surface area contributed by atoms with Crippen molar-refractivity contribution < 1.29 is 23.7 Å². The van der Waals surface area contributed by atoms with E-state index in [2.05, 4.69) is 15.9 Å². The summed E-state index contributed by atoms with van der Waals surface area (Å²) in [5, 5.41) is 0. The molecule has 160 valence electrons. The molecular weight excluding hydrogens is 460 g/mol. The van der Waals surface area contributed by atoms with E-state index < -0.39 is 0 Å². The summed E-state index contributed by atoms with van der Waals surface area (Å²) in [7, 11) is 4.71. The molecule has 0 radical (unpaired) electrons. The summed E-state index contributed by atoms with van der Waals surface area (Å²) in [6, 6.07) is 18.4. The second-order valence-electron chi connectivity index (χ2n) is 6.58. The van der Waals surface area contributed by atoms with Crippen LogP contribution < -0.4 is 18.9 Å². The van der Waals surface area contributed by atoms with Crippen molar-refractivity contribution in [2.24, 2.45) is 0 Å². The summed E-state index contributed by atoms with van der Waals surface area (Å²) in [5.41, 5.74) is 2.16. The maximum Gasteiger partial charge on any atom is 0.189 e. The Morgan fingerprint density at radius 1 is 0.839 bits per heavy atom. The highest BCUT2D eigenvalue weighted by Gasteiger charge is 2.11. The quantitative estimate of drug-likeness (QED) is 0.278. The molecule has 3 rings (SSSR count). The lowest BCUT2D eigenvalue weighted by molar-refractivity contribution is 0.104. The molecule has 0 aliphatic carbocycles. The Balaban J connectivity index is 1.78. The first-order valence-electron chi connectivity index (χ1n) is 9.53. The summed E-state index contributed by atoms with van der Waals surface area (Å²) in [5.74, 6) is 2.38. The first-order chi connectivity index (χ1) is 15.0. The molecule has 0 saturated heterocycles. The minimum atomic E-state index is -0.181. The molecule has 0 heterocycles. The smallest absolute Gasteiger partial charge is 0.189 e. The number of allylic oxidation sites excluding steroid dienone is 1. The topological polar surface area (TPSA) is 54.0 Å². The molecule has 3 aromatic rings. The van der Waals surface area contributed by atoms with Crippen LogP contribution in [0.3, 0.4) is 0 Å². The SMILES string of the molecule is COc1ccc(OC)c(C(=O)/C=C/c2ccc(OC)c(COc3ccc(Br)cc3)c2)c1. The van der Waals surface area contributed by atoms with Crippen LogP contribution in [0.4, 0.5) is 0 Å². The van der Waals surface area contributed by atoms with Crippen molar-refractivity contribution in [3.63, 3.8) is 0 Å². The van der Waals surface area contributed by atoms with Crippen LogP contribution in [0, 0.1) is 0 Å². The molecule has 0 aromatic heterocycles. The monoisotopic (exact) mass is 482 g/mol. The maximum absolute atomic E-state index is 12.7. The van der Waals surface area contributed by atoms with Gasteiger partial charge in [-0.2, -0.15) is 0 Å². The van der Waals surface area contributed by atoms with Crippen molar-refractivity contribution in [3.8, 4) is 23.0 Å². The summed E-state index contributed by atoms with van der Waals surface area (Å²) in [4.78, 5) is 12.7. The number of carbonyl (C=O) groups is 1. The molecule has 0 bridgehead atoms. The van der Waals surface area contributed by atoms with Gasteiger partial charge in [0.1, 0.15) is 29.6 Å². The molecule has 0 N–H and O–H groups in total. The van der Waals surface area contributed by atoms with Crippen LogP contribution in [-0.4, -0.2) is 27.1 Å². The fraction of sp³-hybridized carbons (Fsp3) is 0.160. The Morgan fingerprint density at radius 2 is 1.52 bits per heavy atom. The van der Waals surface area contributed by atoms with E-state index in [1.54, 1.807) is 38.5 Å². The molecule has 0 aliphatic heterocycles. The molecule has 0 amide bonds. The normalized spacial score (nSPS) is 10.7. The lowest BCUT2D eigenvalue weighted by Crippen LogP contribution is -2.00. The number of methoxy groups -OCH3 is 3. The number of hydrogen-bond donors (Lipinski definition) is 0. The van der Waals surface area contributed by atoms with Crippen molar-refractivity contribution in [1.29, 1.82) is 0 Å². The molecule has 0 spiro atoms. The van der Waals surface area contributed by atoms with E-state index in [0.29, 0.717) is 23.7 Å². The van der Waals surface area contributed by atoms with Crippen LogP contribution in [0.25, 0.3) is 6.08 Å². The van der Waals surface area contributed by atoms with Gasteiger partial charge in [0.15, 0.2) is 5.78 Å². The molecule has 0 fully saturated rings. The summed E-state index contributed by atoms with van der Waals surface area (Å²) < 4.78 is 22.8. The van der Waals surface area contributed by atoms with Crippen molar-refractivity contribution >= 4 is 27.8 Å². The van der Waals surface area contributed by atoms with Crippen LogP contribution in [0.15, 0.2) is 71.2 Å². The summed E-state index contributed by atoms with van der Waals surface area (Å²) in [6.07, 6.45) is 3.27. The largest absolute Gasteiger partial charge is 0.497 e. The third-order valence-corrected chi connectivity index (χ3v) is 5.14. The number of ether oxygens (including phenoxy) is 4. The Morgan fingerprint density at radius 3 is 2.19 bits per heavy atom. The second kappa shape index (κ2) is 10.7. The minimum Gasteiger partial charge on any atom is -0.497 e. The van der Waals surface area contributed by atoms with Gasteiger partial charge in [0.05, 0.1) is 26.9 Å². The number of halogens is 1. The van der Waals surface area contributed by atoms with Gasteiger partial charge < -0.3 is 18.9 Å². The number of rotatable bonds is 9. The lowest BCUT2D eigenvalue weighted by Gasteiger charge is -2.11. The average molecular weight is 483 g/mol. The second-order valence-corrected chi connectivity index (χ2v) is 7.49. The zero-order valence-corrected chi connectivity index (χ0v) is 19.1. The number of benzene rings is 3. The van der Waals surface area contributed by atoms with Gasteiger partial charge in [-0.05, 0) is 66.2 Å². The van der Waals surface area contributed by atoms with E-state index in [0.717, 1.165) is 27.1 Å². The zero-order valence-electron chi connectivity index (χ0n) is 17.6. The lowest BCUT2D eigenvalue weighted by atomic mass is 10.1. The van der Waals surface area contributed by atoms with Crippen LogP contribution in [0.5, 0.6) is 23.0 Å². The van der Waals surface area contributed by atoms with E-state index in [-0.39, 0.29) is 5.78 Å².